The number of rotatable bonds is 0. The standard InChI is InChI=1S/C24H16O6/c1-2-24-21-9-3-15(25)16(26)4-10(9)22(24)13-7-19(29)20(30)8-14(13)23(24)12-6-18(28)17(27)5-11(12)21/h1,3-8,21-23,25-30H. The van der Waals surface area contributed by atoms with Gasteiger partial charge in [-0.3, -0.25) is 0 Å². The Balaban J connectivity index is 1.81. The van der Waals surface area contributed by atoms with Gasteiger partial charge in [0.25, 0.3) is 0 Å². The number of hydrogen-bond donors (Lipinski definition) is 6. The van der Waals surface area contributed by atoms with E-state index < -0.39 is 23.2 Å². The van der Waals surface area contributed by atoms with Gasteiger partial charge >= 0.3 is 0 Å². The van der Waals surface area contributed by atoms with Gasteiger partial charge in [0, 0.05) is 17.8 Å². The number of benzene rings is 3. The number of aromatic hydroxyl groups is 6. The van der Waals surface area contributed by atoms with Crippen molar-refractivity contribution in [3.05, 3.63) is 69.8 Å². The Morgan fingerprint density at radius 3 is 0.867 bits per heavy atom. The summed E-state index contributed by atoms with van der Waals surface area (Å²) in [6.45, 7) is 0. The summed E-state index contributed by atoms with van der Waals surface area (Å²) in [7, 11) is 0. The van der Waals surface area contributed by atoms with Crippen LogP contribution in [0.25, 0.3) is 0 Å². The van der Waals surface area contributed by atoms with Crippen LogP contribution in [0, 0.1) is 17.8 Å². The first kappa shape index (κ1) is 16.9. The molecule has 0 aliphatic heterocycles. The van der Waals surface area contributed by atoms with Crippen molar-refractivity contribution in [3.63, 3.8) is 0 Å². The van der Waals surface area contributed by atoms with E-state index in [-0.39, 0.29) is 34.5 Å². The zero-order chi connectivity index (χ0) is 21.1. The molecule has 0 saturated heterocycles. The molecule has 0 fully saturated rings. The summed E-state index contributed by atoms with van der Waals surface area (Å²) in [5.41, 5.74) is 3.45. The zero-order valence-electron chi connectivity index (χ0n) is 15.5. The first-order valence-electron chi connectivity index (χ1n) is 9.44. The van der Waals surface area contributed by atoms with Crippen molar-refractivity contribution in [2.75, 3.05) is 0 Å². The van der Waals surface area contributed by atoms with Gasteiger partial charge in [0.1, 0.15) is 0 Å². The molecule has 6 rings (SSSR count). The van der Waals surface area contributed by atoms with Crippen LogP contribution in [0.15, 0.2) is 36.4 Å². The number of hydrogen-bond acceptors (Lipinski definition) is 6. The maximum Gasteiger partial charge on any atom is 0.157 e. The fraction of sp³-hybridized carbons (Fsp3) is 0.167. The maximum atomic E-state index is 10.2. The lowest BCUT2D eigenvalue weighted by atomic mass is 9.69. The predicted octanol–water partition coefficient (Wildman–Crippen LogP) is 3.28. The molecule has 3 aliphatic carbocycles. The first-order chi connectivity index (χ1) is 14.3. The van der Waals surface area contributed by atoms with Gasteiger partial charge in [-0.1, -0.05) is 5.92 Å². The molecule has 6 N–H and O–H groups in total. The number of fused-ring (bicyclic) bond motifs is 9. The molecular weight excluding hydrogens is 384 g/mol. The normalized spacial score (nSPS) is 26.6. The number of phenolic OH excluding ortho intramolecular Hbond substituents is 6. The minimum atomic E-state index is -0.881. The average Bonchev–Trinajstić information content (AvgIpc) is 3.23. The highest BCUT2D eigenvalue weighted by atomic mass is 16.3. The largest absolute Gasteiger partial charge is 0.504 e. The Bertz CT molecular complexity index is 1110. The second-order valence-electron chi connectivity index (χ2n) is 8.29. The van der Waals surface area contributed by atoms with Crippen molar-refractivity contribution < 1.29 is 30.6 Å². The topological polar surface area (TPSA) is 121 Å². The quantitative estimate of drug-likeness (QED) is 0.254. The summed E-state index contributed by atoms with van der Waals surface area (Å²) in [6.07, 6.45) is 6.17. The van der Waals surface area contributed by atoms with Crippen LogP contribution in [-0.4, -0.2) is 30.6 Å². The molecule has 0 spiro atoms. The Morgan fingerprint density at radius 1 is 0.500 bits per heavy atom. The fourth-order valence-corrected chi connectivity index (χ4v) is 6.12. The molecule has 0 radical (unpaired) electrons. The third-order valence-electron chi connectivity index (χ3n) is 7.09. The van der Waals surface area contributed by atoms with Crippen LogP contribution in [0.2, 0.25) is 0 Å². The molecule has 148 valence electrons. The van der Waals surface area contributed by atoms with E-state index in [0.29, 0.717) is 0 Å². The van der Waals surface area contributed by atoms with E-state index in [4.69, 9.17) is 6.42 Å². The Labute approximate surface area is 170 Å². The van der Waals surface area contributed by atoms with Crippen LogP contribution in [0.3, 0.4) is 0 Å². The van der Waals surface area contributed by atoms with Crippen LogP contribution >= 0.6 is 0 Å². The molecule has 0 bridgehead atoms. The van der Waals surface area contributed by atoms with Crippen molar-refractivity contribution in [1.29, 1.82) is 0 Å². The lowest BCUT2D eigenvalue weighted by molar-refractivity contribution is 0.361. The third-order valence-corrected chi connectivity index (χ3v) is 7.09. The van der Waals surface area contributed by atoms with Crippen LogP contribution < -0.4 is 0 Å². The molecule has 0 aromatic heterocycles. The Morgan fingerprint density at radius 2 is 0.700 bits per heavy atom. The monoisotopic (exact) mass is 400 g/mol. The van der Waals surface area contributed by atoms with Gasteiger partial charge in [0.05, 0.1) is 5.41 Å². The SMILES string of the molecule is C#CC12C3c4cc(O)c(O)cc4C1c1cc(O)c(O)cc1C2c1cc(O)c(O)cc13. The van der Waals surface area contributed by atoms with Gasteiger partial charge in [-0.25, -0.2) is 0 Å². The lowest BCUT2D eigenvalue weighted by Gasteiger charge is -2.30. The molecule has 0 heterocycles. The molecule has 3 aromatic rings. The van der Waals surface area contributed by atoms with E-state index in [1.165, 1.54) is 36.4 Å². The molecule has 0 unspecified atom stereocenters. The van der Waals surface area contributed by atoms with Gasteiger partial charge in [-0.15, -0.1) is 6.42 Å². The highest BCUT2D eigenvalue weighted by molar-refractivity contribution is 5.75. The summed E-state index contributed by atoms with van der Waals surface area (Å²) >= 11 is 0. The van der Waals surface area contributed by atoms with Gasteiger partial charge in [-0.2, -0.15) is 0 Å². The highest BCUT2D eigenvalue weighted by Gasteiger charge is 2.67. The molecule has 0 atom stereocenters. The number of terminal acetylenes is 1. The van der Waals surface area contributed by atoms with E-state index in [9.17, 15) is 30.6 Å². The van der Waals surface area contributed by atoms with Gasteiger partial charge in [0.15, 0.2) is 34.5 Å². The smallest absolute Gasteiger partial charge is 0.157 e. The van der Waals surface area contributed by atoms with Crippen molar-refractivity contribution >= 4 is 0 Å². The van der Waals surface area contributed by atoms with Crippen LogP contribution in [0.5, 0.6) is 34.5 Å². The van der Waals surface area contributed by atoms with Crippen molar-refractivity contribution in [1.82, 2.24) is 0 Å². The first-order valence-corrected chi connectivity index (χ1v) is 9.44. The predicted molar refractivity (Wildman–Crippen MR) is 106 cm³/mol. The Kier molecular flexibility index (Phi) is 2.79. The third kappa shape index (κ3) is 1.61. The van der Waals surface area contributed by atoms with Crippen LogP contribution in [0.4, 0.5) is 0 Å². The molecule has 6 heteroatoms. The molecule has 3 aromatic carbocycles. The van der Waals surface area contributed by atoms with Crippen LogP contribution in [-0.2, 0) is 0 Å². The molecule has 0 amide bonds. The summed E-state index contributed by atoms with van der Waals surface area (Å²) < 4.78 is 0. The average molecular weight is 400 g/mol. The lowest BCUT2D eigenvalue weighted by Crippen LogP contribution is -2.25. The minimum Gasteiger partial charge on any atom is -0.504 e. The maximum absolute atomic E-state index is 10.2. The minimum absolute atomic E-state index is 0.275. The highest BCUT2D eigenvalue weighted by Crippen LogP contribution is 2.77. The van der Waals surface area contributed by atoms with E-state index in [1.54, 1.807) is 0 Å². The number of phenols is 6. The van der Waals surface area contributed by atoms with Crippen molar-refractivity contribution in [3.8, 4) is 46.8 Å². The summed E-state index contributed by atoms with van der Waals surface area (Å²) in [6, 6.07) is 8.93. The summed E-state index contributed by atoms with van der Waals surface area (Å²) in [5.74, 6) is 0.0596. The van der Waals surface area contributed by atoms with Crippen molar-refractivity contribution in [2.45, 2.75) is 17.8 Å². The van der Waals surface area contributed by atoms with E-state index in [0.717, 1.165) is 33.4 Å². The Hall–Kier alpha value is -3.98. The van der Waals surface area contributed by atoms with Gasteiger partial charge < -0.3 is 30.6 Å². The summed E-state index contributed by atoms with van der Waals surface area (Å²) in [5, 5.41) is 61.1. The van der Waals surface area contributed by atoms with Crippen LogP contribution in [0.1, 0.15) is 51.1 Å². The second-order valence-corrected chi connectivity index (χ2v) is 8.29. The second kappa shape index (κ2) is 4.95. The van der Waals surface area contributed by atoms with Gasteiger partial charge in [-0.05, 0) is 69.8 Å². The van der Waals surface area contributed by atoms with Gasteiger partial charge in [0.2, 0.25) is 0 Å². The molecular formula is C24H16O6. The molecule has 6 nitrogen and oxygen atoms in total. The fourth-order valence-electron chi connectivity index (χ4n) is 6.12. The molecule has 3 aliphatic rings. The summed E-state index contributed by atoms with van der Waals surface area (Å²) in [4.78, 5) is 0. The van der Waals surface area contributed by atoms with Crippen molar-refractivity contribution in [2.24, 2.45) is 5.41 Å². The van der Waals surface area contributed by atoms with E-state index in [1.807, 2.05) is 0 Å². The molecule has 30 heavy (non-hydrogen) atoms. The molecule has 0 saturated carbocycles. The van der Waals surface area contributed by atoms with E-state index >= 15 is 0 Å². The zero-order valence-corrected chi connectivity index (χ0v) is 15.5. The van der Waals surface area contributed by atoms with E-state index in [2.05, 4.69) is 5.92 Å².